The van der Waals surface area contributed by atoms with Crippen molar-refractivity contribution in [1.82, 2.24) is 30.7 Å². The molecule has 0 saturated heterocycles. The quantitative estimate of drug-likeness (QED) is 0.804. The molecular formula is C11H14N6. The number of fused-ring (bicyclic) bond motifs is 1. The predicted molar refractivity (Wildman–Crippen MR) is 62.0 cm³/mol. The van der Waals surface area contributed by atoms with Gasteiger partial charge in [0.25, 0.3) is 0 Å². The zero-order valence-electron chi connectivity index (χ0n) is 9.86. The Hall–Kier alpha value is -1.82. The van der Waals surface area contributed by atoms with Gasteiger partial charge in [0.05, 0.1) is 17.6 Å². The lowest BCUT2D eigenvalue weighted by atomic mass is 10.0. The highest BCUT2D eigenvalue weighted by Gasteiger charge is 2.21. The van der Waals surface area contributed by atoms with Crippen molar-refractivity contribution in [3.8, 4) is 11.5 Å². The molecule has 17 heavy (non-hydrogen) atoms. The van der Waals surface area contributed by atoms with Gasteiger partial charge in [-0.1, -0.05) is 13.8 Å². The third kappa shape index (κ3) is 1.70. The Morgan fingerprint density at radius 2 is 2.12 bits per heavy atom. The van der Waals surface area contributed by atoms with Gasteiger partial charge in [0, 0.05) is 18.7 Å². The molecule has 3 heterocycles. The highest BCUT2D eigenvalue weighted by molar-refractivity contribution is 5.49. The number of hydrogen-bond donors (Lipinski definition) is 2. The van der Waals surface area contributed by atoms with Crippen LogP contribution in [0, 0.1) is 0 Å². The molecule has 2 aromatic heterocycles. The zero-order chi connectivity index (χ0) is 11.8. The monoisotopic (exact) mass is 230 g/mol. The van der Waals surface area contributed by atoms with Crippen LogP contribution in [0.15, 0.2) is 6.20 Å². The maximum atomic E-state index is 4.61. The smallest absolute Gasteiger partial charge is 0.182 e. The molecule has 0 atom stereocenters. The number of nitrogens with one attached hydrogen (secondary N) is 2. The summed E-state index contributed by atoms with van der Waals surface area (Å²) in [6.07, 6.45) is 1.65. The number of rotatable bonds is 2. The summed E-state index contributed by atoms with van der Waals surface area (Å²) in [4.78, 5) is 9.16. The minimum atomic E-state index is 0.386. The number of nitrogens with zero attached hydrogens (tertiary/aromatic N) is 4. The van der Waals surface area contributed by atoms with Crippen molar-refractivity contribution < 1.29 is 0 Å². The van der Waals surface area contributed by atoms with Crippen LogP contribution in [0.3, 0.4) is 0 Å². The van der Waals surface area contributed by atoms with E-state index in [0.717, 1.165) is 24.5 Å². The predicted octanol–water partition coefficient (Wildman–Crippen LogP) is 0.988. The number of aromatic nitrogens is 5. The highest BCUT2D eigenvalue weighted by atomic mass is 15.3. The van der Waals surface area contributed by atoms with E-state index in [4.69, 9.17) is 0 Å². The first-order chi connectivity index (χ1) is 8.25. The summed E-state index contributed by atoms with van der Waals surface area (Å²) in [7, 11) is 0. The van der Waals surface area contributed by atoms with E-state index in [9.17, 15) is 0 Å². The summed E-state index contributed by atoms with van der Waals surface area (Å²) in [5.74, 6) is 1.04. The molecule has 0 aromatic carbocycles. The largest absolute Gasteiger partial charge is 0.307 e. The van der Waals surface area contributed by atoms with E-state index in [1.54, 1.807) is 6.20 Å². The summed E-state index contributed by atoms with van der Waals surface area (Å²) >= 11 is 0. The minimum absolute atomic E-state index is 0.386. The molecule has 0 spiro atoms. The Morgan fingerprint density at radius 1 is 1.24 bits per heavy atom. The zero-order valence-corrected chi connectivity index (χ0v) is 9.86. The molecule has 0 fully saturated rings. The Labute approximate surface area is 98.9 Å². The number of H-pyrrole nitrogens is 1. The van der Waals surface area contributed by atoms with Crippen LogP contribution in [0.5, 0.6) is 0 Å². The fraction of sp³-hybridized carbons (Fsp3) is 0.455. The molecule has 0 radical (unpaired) electrons. The average Bonchev–Trinajstić information content (AvgIpc) is 2.98. The average molecular weight is 230 g/mol. The summed E-state index contributed by atoms with van der Waals surface area (Å²) in [5, 5.41) is 13.7. The molecule has 0 aliphatic carbocycles. The first-order valence-corrected chi connectivity index (χ1v) is 5.72. The van der Waals surface area contributed by atoms with Gasteiger partial charge in [-0.25, -0.2) is 9.97 Å². The van der Waals surface area contributed by atoms with E-state index >= 15 is 0 Å². The fourth-order valence-electron chi connectivity index (χ4n) is 2.10. The van der Waals surface area contributed by atoms with Gasteiger partial charge in [0.1, 0.15) is 5.69 Å². The van der Waals surface area contributed by atoms with Crippen LogP contribution in [-0.4, -0.2) is 25.4 Å². The Balaban J connectivity index is 2.16. The molecule has 0 bridgehead atoms. The summed E-state index contributed by atoms with van der Waals surface area (Å²) < 4.78 is 0. The second-order valence-electron chi connectivity index (χ2n) is 4.47. The Kier molecular flexibility index (Phi) is 2.36. The minimum Gasteiger partial charge on any atom is -0.307 e. The molecule has 6 nitrogen and oxygen atoms in total. The Bertz CT molecular complexity index is 531. The van der Waals surface area contributed by atoms with Crippen LogP contribution in [0.2, 0.25) is 0 Å². The molecule has 0 unspecified atom stereocenters. The fourth-order valence-corrected chi connectivity index (χ4v) is 2.10. The molecule has 2 N–H and O–H groups in total. The molecule has 6 heteroatoms. The first-order valence-electron chi connectivity index (χ1n) is 5.72. The van der Waals surface area contributed by atoms with E-state index in [2.05, 4.69) is 44.5 Å². The van der Waals surface area contributed by atoms with Crippen molar-refractivity contribution >= 4 is 0 Å². The van der Waals surface area contributed by atoms with Gasteiger partial charge in [-0.15, -0.1) is 0 Å². The summed E-state index contributed by atoms with van der Waals surface area (Å²) in [6, 6.07) is 0. The molecule has 2 aromatic rings. The third-order valence-electron chi connectivity index (χ3n) is 2.91. The topological polar surface area (TPSA) is 79.4 Å². The van der Waals surface area contributed by atoms with Crippen LogP contribution in [0.25, 0.3) is 11.5 Å². The molecule has 0 saturated carbocycles. The van der Waals surface area contributed by atoms with Crippen LogP contribution in [0.4, 0.5) is 0 Å². The van der Waals surface area contributed by atoms with E-state index in [1.807, 2.05) is 0 Å². The van der Waals surface area contributed by atoms with Crippen LogP contribution < -0.4 is 5.32 Å². The van der Waals surface area contributed by atoms with Gasteiger partial charge >= 0.3 is 0 Å². The van der Waals surface area contributed by atoms with Crippen molar-refractivity contribution in [3.63, 3.8) is 0 Å². The molecule has 1 aliphatic rings. The van der Waals surface area contributed by atoms with Gasteiger partial charge in [0.2, 0.25) is 0 Å². The van der Waals surface area contributed by atoms with Gasteiger partial charge in [-0.3, -0.25) is 0 Å². The normalized spacial score (nSPS) is 14.3. The molecule has 88 valence electrons. The lowest BCUT2D eigenvalue weighted by molar-refractivity contribution is 0.746. The van der Waals surface area contributed by atoms with E-state index in [0.29, 0.717) is 17.4 Å². The maximum Gasteiger partial charge on any atom is 0.182 e. The maximum absolute atomic E-state index is 4.61. The molecule has 0 amide bonds. The van der Waals surface area contributed by atoms with Crippen LogP contribution in [0.1, 0.15) is 36.7 Å². The summed E-state index contributed by atoms with van der Waals surface area (Å²) in [6.45, 7) is 5.96. The second kappa shape index (κ2) is 3.89. The molecule has 3 rings (SSSR count). The van der Waals surface area contributed by atoms with Crippen LogP contribution in [-0.2, 0) is 13.1 Å². The van der Waals surface area contributed by atoms with Gasteiger partial charge in [-0.05, 0) is 5.92 Å². The van der Waals surface area contributed by atoms with E-state index in [-0.39, 0.29) is 0 Å². The van der Waals surface area contributed by atoms with Crippen molar-refractivity contribution in [3.05, 3.63) is 23.1 Å². The lowest BCUT2D eigenvalue weighted by Gasteiger charge is -2.10. The van der Waals surface area contributed by atoms with E-state index < -0.39 is 0 Å². The first kappa shape index (κ1) is 10.3. The highest BCUT2D eigenvalue weighted by Crippen LogP contribution is 2.25. The van der Waals surface area contributed by atoms with Crippen molar-refractivity contribution in [2.45, 2.75) is 32.9 Å². The van der Waals surface area contributed by atoms with Crippen molar-refractivity contribution in [2.24, 2.45) is 0 Å². The standard InChI is InChI=1S/C11H14N6/c1-6(2)10-7-3-12-4-8(7)14-11(15-10)9-5-13-17-16-9/h5-6,12H,3-4H2,1-2H3,(H,13,16,17). The molecular weight excluding hydrogens is 216 g/mol. The second-order valence-corrected chi connectivity index (χ2v) is 4.47. The molecule has 1 aliphatic heterocycles. The van der Waals surface area contributed by atoms with E-state index in [1.165, 1.54) is 5.56 Å². The number of aromatic amines is 1. The van der Waals surface area contributed by atoms with Crippen molar-refractivity contribution in [2.75, 3.05) is 0 Å². The lowest BCUT2D eigenvalue weighted by Crippen LogP contribution is -2.05. The SMILES string of the molecule is CC(C)c1nc(-c2cn[nH]n2)nc2c1CNC2. The van der Waals surface area contributed by atoms with Gasteiger partial charge in [-0.2, -0.15) is 15.4 Å². The van der Waals surface area contributed by atoms with Crippen LogP contribution >= 0.6 is 0 Å². The summed E-state index contributed by atoms with van der Waals surface area (Å²) in [5.41, 5.74) is 4.13. The Morgan fingerprint density at radius 3 is 2.82 bits per heavy atom. The van der Waals surface area contributed by atoms with Gasteiger partial charge < -0.3 is 5.32 Å². The third-order valence-corrected chi connectivity index (χ3v) is 2.91. The van der Waals surface area contributed by atoms with Crippen molar-refractivity contribution in [1.29, 1.82) is 0 Å². The van der Waals surface area contributed by atoms with Gasteiger partial charge in [0.15, 0.2) is 5.82 Å². The number of hydrogen-bond acceptors (Lipinski definition) is 5.